The summed E-state index contributed by atoms with van der Waals surface area (Å²) in [7, 11) is 0. The van der Waals surface area contributed by atoms with E-state index in [1.165, 1.54) is 11.3 Å². The maximum Gasteiger partial charge on any atom is 0.309 e. The SMILES string of the molecule is O=C(O)Cc1csc(Nc2cccc(Cl)c2Br)n1. The molecule has 0 spiro atoms. The second-order valence-electron chi connectivity index (χ2n) is 3.44. The van der Waals surface area contributed by atoms with Gasteiger partial charge in [0.1, 0.15) is 0 Å². The smallest absolute Gasteiger partial charge is 0.309 e. The fourth-order valence-corrected chi connectivity index (χ4v) is 2.58. The zero-order valence-corrected chi connectivity index (χ0v) is 12.1. The summed E-state index contributed by atoms with van der Waals surface area (Å²) in [5.74, 6) is -0.893. The zero-order chi connectivity index (χ0) is 13.1. The Balaban J connectivity index is 2.16. The Labute approximate surface area is 121 Å². The van der Waals surface area contributed by atoms with Crippen LogP contribution in [-0.4, -0.2) is 16.1 Å². The molecule has 0 atom stereocenters. The van der Waals surface area contributed by atoms with Crippen molar-refractivity contribution in [3.8, 4) is 0 Å². The molecule has 94 valence electrons. The van der Waals surface area contributed by atoms with Crippen LogP contribution in [0.25, 0.3) is 0 Å². The summed E-state index contributed by atoms with van der Waals surface area (Å²) in [5, 5.41) is 14.7. The van der Waals surface area contributed by atoms with Crippen LogP contribution >= 0.6 is 38.9 Å². The second-order valence-corrected chi connectivity index (χ2v) is 5.50. The third-order valence-corrected chi connectivity index (χ3v) is 4.28. The van der Waals surface area contributed by atoms with E-state index in [0.29, 0.717) is 15.8 Å². The quantitative estimate of drug-likeness (QED) is 0.879. The van der Waals surface area contributed by atoms with Gasteiger partial charge in [-0.15, -0.1) is 11.3 Å². The van der Waals surface area contributed by atoms with Crippen LogP contribution in [0, 0.1) is 0 Å². The molecule has 0 saturated heterocycles. The highest BCUT2D eigenvalue weighted by atomic mass is 79.9. The fraction of sp³-hybridized carbons (Fsp3) is 0.0909. The van der Waals surface area contributed by atoms with Gasteiger partial charge in [0.15, 0.2) is 5.13 Å². The monoisotopic (exact) mass is 346 g/mol. The van der Waals surface area contributed by atoms with Crippen molar-refractivity contribution in [2.75, 3.05) is 5.32 Å². The molecule has 2 rings (SSSR count). The van der Waals surface area contributed by atoms with Gasteiger partial charge in [0.2, 0.25) is 0 Å². The van der Waals surface area contributed by atoms with E-state index in [1.54, 1.807) is 11.4 Å². The summed E-state index contributed by atoms with van der Waals surface area (Å²) in [6.45, 7) is 0. The van der Waals surface area contributed by atoms with Crippen LogP contribution in [0.3, 0.4) is 0 Å². The van der Waals surface area contributed by atoms with E-state index in [9.17, 15) is 4.79 Å². The van der Waals surface area contributed by atoms with Gasteiger partial charge in [-0.05, 0) is 28.1 Å². The topological polar surface area (TPSA) is 62.2 Å². The molecule has 0 fully saturated rings. The molecule has 0 bridgehead atoms. The molecule has 1 aromatic heterocycles. The van der Waals surface area contributed by atoms with Crippen molar-refractivity contribution in [1.82, 2.24) is 4.98 Å². The van der Waals surface area contributed by atoms with Gasteiger partial charge in [-0.3, -0.25) is 4.79 Å². The summed E-state index contributed by atoms with van der Waals surface area (Å²) < 4.78 is 0.752. The first-order valence-electron chi connectivity index (χ1n) is 4.93. The van der Waals surface area contributed by atoms with Crippen LogP contribution < -0.4 is 5.32 Å². The number of hydrogen-bond acceptors (Lipinski definition) is 4. The van der Waals surface area contributed by atoms with E-state index in [-0.39, 0.29) is 6.42 Å². The molecule has 0 radical (unpaired) electrons. The molecule has 0 aliphatic carbocycles. The molecule has 1 heterocycles. The van der Waals surface area contributed by atoms with Crippen LogP contribution in [0.1, 0.15) is 5.69 Å². The highest BCUT2D eigenvalue weighted by Gasteiger charge is 2.08. The molecule has 1 aromatic carbocycles. The Morgan fingerprint density at radius 3 is 3.06 bits per heavy atom. The van der Waals surface area contributed by atoms with Crippen molar-refractivity contribution < 1.29 is 9.90 Å². The molecule has 0 aliphatic heterocycles. The Hall–Kier alpha value is -1.11. The van der Waals surface area contributed by atoms with Gasteiger partial charge in [0.25, 0.3) is 0 Å². The molecule has 0 aliphatic rings. The number of aliphatic carboxylic acids is 1. The Morgan fingerprint density at radius 1 is 1.56 bits per heavy atom. The lowest BCUT2D eigenvalue weighted by molar-refractivity contribution is -0.136. The number of benzene rings is 1. The average molecular weight is 348 g/mol. The van der Waals surface area contributed by atoms with Gasteiger partial charge in [-0.2, -0.15) is 0 Å². The molecule has 0 unspecified atom stereocenters. The van der Waals surface area contributed by atoms with Crippen molar-refractivity contribution in [2.24, 2.45) is 0 Å². The van der Waals surface area contributed by atoms with Crippen molar-refractivity contribution in [1.29, 1.82) is 0 Å². The summed E-state index contributed by atoms with van der Waals surface area (Å²) in [5.41, 5.74) is 1.33. The lowest BCUT2D eigenvalue weighted by atomic mass is 10.3. The summed E-state index contributed by atoms with van der Waals surface area (Å²) >= 11 is 10.7. The number of anilines is 2. The average Bonchev–Trinajstić information content (AvgIpc) is 2.71. The number of carbonyl (C=O) groups is 1. The van der Waals surface area contributed by atoms with Crippen LogP contribution in [-0.2, 0) is 11.2 Å². The summed E-state index contributed by atoms with van der Waals surface area (Å²) in [4.78, 5) is 14.7. The number of carboxylic acids is 1. The standard InChI is InChI=1S/C11H8BrClN2O2S/c12-10-7(13)2-1-3-8(10)15-11-14-6(5-18-11)4-9(16)17/h1-3,5H,4H2,(H,14,15)(H,16,17). The fourth-order valence-electron chi connectivity index (χ4n) is 1.32. The molecule has 2 aromatic rings. The zero-order valence-electron chi connectivity index (χ0n) is 8.98. The molecule has 2 N–H and O–H groups in total. The highest BCUT2D eigenvalue weighted by Crippen LogP contribution is 2.32. The van der Waals surface area contributed by atoms with Gasteiger partial charge >= 0.3 is 5.97 Å². The minimum absolute atomic E-state index is 0.0745. The van der Waals surface area contributed by atoms with Gasteiger partial charge in [0.05, 0.1) is 27.3 Å². The normalized spacial score (nSPS) is 10.3. The van der Waals surface area contributed by atoms with Crippen molar-refractivity contribution in [2.45, 2.75) is 6.42 Å². The molecule has 0 amide bonds. The number of halogens is 2. The molecule has 18 heavy (non-hydrogen) atoms. The first-order chi connectivity index (χ1) is 8.56. The van der Waals surface area contributed by atoms with Crippen molar-refractivity contribution >= 4 is 55.7 Å². The summed E-state index contributed by atoms with van der Waals surface area (Å²) in [6.07, 6.45) is -0.0745. The Bertz CT molecular complexity index is 588. The number of nitrogens with one attached hydrogen (secondary N) is 1. The van der Waals surface area contributed by atoms with Gasteiger partial charge in [-0.1, -0.05) is 17.7 Å². The Morgan fingerprint density at radius 2 is 2.33 bits per heavy atom. The van der Waals surface area contributed by atoms with Gasteiger partial charge in [0, 0.05) is 5.38 Å². The highest BCUT2D eigenvalue weighted by molar-refractivity contribution is 9.10. The van der Waals surface area contributed by atoms with Crippen LogP contribution in [0.2, 0.25) is 5.02 Å². The van der Waals surface area contributed by atoms with Crippen molar-refractivity contribution in [3.63, 3.8) is 0 Å². The van der Waals surface area contributed by atoms with E-state index in [4.69, 9.17) is 16.7 Å². The van der Waals surface area contributed by atoms with E-state index < -0.39 is 5.97 Å². The van der Waals surface area contributed by atoms with E-state index in [2.05, 4.69) is 26.2 Å². The molecular weight excluding hydrogens is 340 g/mol. The van der Waals surface area contributed by atoms with Crippen LogP contribution in [0.4, 0.5) is 10.8 Å². The predicted molar refractivity (Wildman–Crippen MR) is 75.9 cm³/mol. The number of aromatic nitrogens is 1. The maximum atomic E-state index is 10.6. The minimum atomic E-state index is -0.893. The van der Waals surface area contributed by atoms with E-state index in [1.807, 2.05) is 12.1 Å². The van der Waals surface area contributed by atoms with Gasteiger partial charge in [-0.25, -0.2) is 4.98 Å². The molecule has 7 heteroatoms. The van der Waals surface area contributed by atoms with Crippen LogP contribution in [0.5, 0.6) is 0 Å². The molecule has 4 nitrogen and oxygen atoms in total. The second kappa shape index (κ2) is 5.69. The predicted octanol–water partition coefficient (Wildman–Crippen LogP) is 3.93. The molecular formula is C11H8BrClN2O2S. The lowest BCUT2D eigenvalue weighted by Crippen LogP contribution is -2.00. The Kier molecular flexibility index (Phi) is 4.21. The third kappa shape index (κ3) is 3.22. The number of carboxylic acid groups (broad SMARTS) is 1. The summed E-state index contributed by atoms with van der Waals surface area (Å²) in [6, 6.07) is 5.45. The number of nitrogens with zero attached hydrogens (tertiary/aromatic N) is 1. The van der Waals surface area contributed by atoms with E-state index >= 15 is 0 Å². The third-order valence-electron chi connectivity index (χ3n) is 2.08. The van der Waals surface area contributed by atoms with Crippen LogP contribution in [0.15, 0.2) is 28.1 Å². The molecule has 0 saturated carbocycles. The number of hydrogen-bond donors (Lipinski definition) is 2. The van der Waals surface area contributed by atoms with E-state index in [0.717, 1.165) is 10.2 Å². The maximum absolute atomic E-state index is 10.6. The lowest BCUT2D eigenvalue weighted by Gasteiger charge is -2.06. The first-order valence-corrected chi connectivity index (χ1v) is 6.98. The van der Waals surface area contributed by atoms with Gasteiger partial charge < -0.3 is 10.4 Å². The minimum Gasteiger partial charge on any atom is -0.481 e. The number of thiazole rings is 1. The van der Waals surface area contributed by atoms with Crippen molar-refractivity contribution in [3.05, 3.63) is 38.8 Å². The first kappa shape index (κ1) is 13.3. The largest absolute Gasteiger partial charge is 0.481 e. The number of rotatable bonds is 4.